The van der Waals surface area contributed by atoms with E-state index in [2.05, 4.69) is 9.72 Å². The van der Waals surface area contributed by atoms with Gasteiger partial charge in [0.15, 0.2) is 0 Å². The van der Waals surface area contributed by atoms with Crippen molar-refractivity contribution in [1.29, 1.82) is 0 Å². The van der Waals surface area contributed by atoms with Crippen molar-refractivity contribution < 1.29 is 17.9 Å². The molecule has 0 fully saturated rings. The number of nitrogens with two attached hydrogens (primary N) is 1. The van der Waals surface area contributed by atoms with E-state index < -0.39 is 6.36 Å². The number of aryl methyl sites for hydroxylation is 1. The summed E-state index contributed by atoms with van der Waals surface area (Å²) in [5, 5.41) is 0. The van der Waals surface area contributed by atoms with Crippen molar-refractivity contribution >= 4 is 0 Å². The molecule has 0 bridgehead atoms. The van der Waals surface area contributed by atoms with Crippen LogP contribution >= 0.6 is 0 Å². The summed E-state index contributed by atoms with van der Waals surface area (Å²) in [4.78, 5) is 4.14. The molecule has 2 rings (SSSR count). The first kappa shape index (κ1) is 14.4. The molecule has 2 N–H and O–H groups in total. The van der Waals surface area contributed by atoms with Gasteiger partial charge in [-0.05, 0) is 24.1 Å². The maximum Gasteiger partial charge on any atom is 0.573 e. The number of halogens is 3. The molecule has 1 aromatic heterocycles. The van der Waals surface area contributed by atoms with Crippen LogP contribution in [0.25, 0.3) is 0 Å². The van der Waals surface area contributed by atoms with Gasteiger partial charge in [-0.3, -0.25) is 0 Å². The second-order valence-corrected chi connectivity index (χ2v) is 4.40. The summed E-state index contributed by atoms with van der Waals surface area (Å²) >= 11 is 0. The number of alkyl halides is 3. The highest BCUT2D eigenvalue weighted by atomic mass is 19.4. The number of hydrogen-bond donors (Lipinski definition) is 1. The van der Waals surface area contributed by atoms with E-state index in [0.717, 1.165) is 11.4 Å². The molecule has 4 nitrogen and oxygen atoms in total. The predicted octanol–water partition coefficient (Wildman–Crippen LogP) is 2.56. The van der Waals surface area contributed by atoms with Crippen LogP contribution in [-0.4, -0.2) is 15.9 Å². The summed E-state index contributed by atoms with van der Waals surface area (Å²) in [7, 11) is 1.84. The molecule has 0 aliphatic carbocycles. The van der Waals surface area contributed by atoms with Crippen LogP contribution in [0.3, 0.4) is 0 Å². The first-order valence-electron chi connectivity index (χ1n) is 5.92. The first-order chi connectivity index (χ1) is 9.35. The lowest BCUT2D eigenvalue weighted by Gasteiger charge is -2.13. The fourth-order valence-corrected chi connectivity index (χ4v) is 1.91. The summed E-state index contributed by atoms with van der Waals surface area (Å²) < 4.78 is 41.7. The number of ether oxygens (including phenoxy) is 1. The molecule has 0 spiro atoms. The molecular formula is C13H14F3N3O. The zero-order valence-electron chi connectivity index (χ0n) is 10.8. The number of benzene rings is 1. The van der Waals surface area contributed by atoms with Crippen molar-refractivity contribution in [2.24, 2.45) is 12.8 Å². The van der Waals surface area contributed by atoms with Crippen LogP contribution in [0.4, 0.5) is 13.2 Å². The minimum atomic E-state index is -4.68. The highest BCUT2D eigenvalue weighted by molar-refractivity contribution is 5.28. The number of nitrogens with zero attached hydrogens (tertiary/aromatic N) is 2. The highest BCUT2D eigenvalue weighted by Crippen LogP contribution is 2.23. The third-order valence-electron chi connectivity index (χ3n) is 2.80. The van der Waals surface area contributed by atoms with Crippen molar-refractivity contribution in [2.75, 3.05) is 0 Å². The van der Waals surface area contributed by atoms with E-state index in [0.29, 0.717) is 6.42 Å². The average molecular weight is 285 g/mol. The van der Waals surface area contributed by atoms with E-state index in [4.69, 9.17) is 5.73 Å². The van der Waals surface area contributed by atoms with E-state index in [-0.39, 0.29) is 11.8 Å². The SMILES string of the molecule is Cn1ccnc1C(N)Cc1ccc(OC(F)(F)F)cc1. The van der Waals surface area contributed by atoms with Gasteiger partial charge in [-0.2, -0.15) is 0 Å². The monoisotopic (exact) mass is 285 g/mol. The Bertz CT molecular complexity index is 563. The minimum Gasteiger partial charge on any atom is -0.406 e. The molecule has 7 heteroatoms. The normalized spacial score (nSPS) is 13.2. The van der Waals surface area contributed by atoms with Gasteiger partial charge in [0.1, 0.15) is 11.6 Å². The largest absolute Gasteiger partial charge is 0.573 e. The van der Waals surface area contributed by atoms with Gasteiger partial charge in [-0.1, -0.05) is 12.1 Å². The second-order valence-electron chi connectivity index (χ2n) is 4.40. The van der Waals surface area contributed by atoms with Gasteiger partial charge in [0, 0.05) is 19.4 Å². The van der Waals surface area contributed by atoms with Crippen molar-refractivity contribution in [1.82, 2.24) is 9.55 Å². The highest BCUT2D eigenvalue weighted by Gasteiger charge is 2.30. The molecule has 1 atom stereocenters. The van der Waals surface area contributed by atoms with Crippen LogP contribution in [-0.2, 0) is 13.5 Å². The van der Waals surface area contributed by atoms with E-state index in [1.165, 1.54) is 12.1 Å². The number of rotatable bonds is 4. The average Bonchev–Trinajstić information content (AvgIpc) is 2.76. The minimum absolute atomic E-state index is 0.244. The van der Waals surface area contributed by atoms with Crippen molar-refractivity contribution in [3.8, 4) is 5.75 Å². The fourth-order valence-electron chi connectivity index (χ4n) is 1.91. The molecule has 20 heavy (non-hydrogen) atoms. The number of imidazole rings is 1. The summed E-state index contributed by atoms with van der Waals surface area (Å²) in [6.45, 7) is 0. The fraction of sp³-hybridized carbons (Fsp3) is 0.308. The third kappa shape index (κ3) is 3.74. The van der Waals surface area contributed by atoms with Crippen molar-refractivity contribution in [3.05, 3.63) is 48.0 Å². The van der Waals surface area contributed by atoms with Crippen LogP contribution < -0.4 is 10.5 Å². The Hall–Kier alpha value is -2.02. The molecule has 1 unspecified atom stereocenters. The maximum absolute atomic E-state index is 12.0. The molecule has 2 aromatic rings. The van der Waals surface area contributed by atoms with Gasteiger partial charge in [0.2, 0.25) is 0 Å². The standard InChI is InChI=1S/C13H14F3N3O/c1-19-7-6-18-12(19)11(17)8-9-2-4-10(5-3-9)20-13(14,15)16/h2-7,11H,8,17H2,1H3. The lowest BCUT2D eigenvalue weighted by atomic mass is 10.1. The van der Waals surface area contributed by atoms with E-state index in [1.807, 2.05) is 11.6 Å². The topological polar surface area (TPSA) is 53.1 Å². The maximum atomic E-state index is 12.0. The lowest BCUT2D eigenvalue weighted by molar-refractivity contribution is -0.274. The Morgan fingerprint density at radius 1 is 1.30 bits per heavy atom. The van der Waals surface area contributed by atoms with Crippen LogP contribution in [0.5, 0.6) is 5.75 Å². The molecular weight excluding hydrogens is 271 g/mol. The Morgan fingerprint density at radius 3 is 2.45 bits per heavy atom. The molecule has 0 amide bonds. The van der Waals surface area contributed by atoms with Gasteiger partial charge in [-0.15, -0.1) is 13.2 Å². The molecule has 1 heterocycles. The Balaban J connectivity index is 2.02. The molecule has 0 aliphatic heterocycles. The molecule has 1 aromatic carbocycles. The zero-order chi connectivity index (χ0) is 14.8. The van der Waals surface area contributed by atoms with Crippen LogP contribution in [0.15, 0.2) is 36.7 Å². The van der Waals surface area contributed by atoms with E-state index >= 15 is 0 Å². The van der Waals surface area contributed by atoms with Crippen LogP contribution in [0, 0.1) is 0 Å². The quantitative estimate of drug-likeness (QED) is 0.939. The summed E-state index contributed by atoms with van der Waals surface area (Å²) in [5.74, 6) is 0.479. The first-order valence-corrected chi connectivity index (χ1v) is 5.92. The van der Waals surface area contributed by atoms with E-state index in [1.54, 1.807) is 24.5 Å². The van der Waals surface area contributed by atoms with Gasteiger partial charge in [0.25, 0.3) is 0 Å². The summed E-state index contributed by atoms with van der Waals surface area (Å²) in [6, 6.07) is 5.35. The number of aromatic nitrogens is 2. The summed E-state index contributed by atoms with van der Waals surface area (Å²) in [6.07, 6.45) is -0.757. The molecule has 108 valence electrons. The molecule has 0 radical (unpaired) electrons. The Morgan fingerprint density at radius 2 is 1.95 bits per heavy atom. The predicted molar refractivity (Wildman–Crippen MR) is 67.0 cm³/mol. The van der Waals surface area contributed by atoms with E-state index in [9.17, 15) is 13.2 Å². The Kier molecular flexibility index (Phi) is 3.99. The van der Waals surface area contributed by atoms with Gasteiger partial charge in [0.05, 0.1) is 6.04 Å². The van der Waals surface area contributed by atoms with Gasteiger partial charge >= 0.3 is 6.36 Å². The van der Waals surface area contributed by atoms with Gasteiger partial charge in [-0.25, -0.2) is 4.98 Å². The number of hydrogen-bond acceptors (Lipinski definition) is 3. The van der Waals surface area contributed by atoms with Crippen molar-refractivity contribution in [3.63, 3.8) is 0 Å². The second kappa shape index (κ2) is 5.54. The molecule has 0 aliphatic rings. The zero-order valence-corrected chi connectivity index (χ0v) is 10.8. The molecule has 0 saturated carbocycles. The van der Waals surface area contributed by atoms with Crippen LogP contribution in [0.1, 0.15) is 17.4 Å². The molecule has 0 saturated heterocycles. The Labute approximate surface area is 114 Å². The smallest absolute Gasteiger partial charge is 0.406 e. The van der Waals surface area contributed by atoms with Crippen molar-refractivity contribution in [2.45, 2.75) is 18.8 Å². The third-order valence-corrected chi connectivity index (χ3v) is 2.80. The van der Waals surface area contributed by atoms with Crippen LogP contribution in [0.2, 0.25) is 0 Å². The van der Waals surface area contributed by atoms with Gasteiger partial charge < -0.3 is 15.0 Å². The summed E-state index contributed by atoms with van der Waals surface area (Å²) in [5.41, 5.74) is 6.83. The lowest BCUT2D eigenvalue weighted by Crippen LogP contribution is -2.18.